The molecule has 0 aliphatic heterocycles. The molecule has 0 saturated heterocycles. The second kappa shape index (κ2) is 9.91. The number of hydrogen-bond acceptors (Lipinski definition) is 6. The normalized spacial score (nSPS) is 10.6. The van der Waals surface area contributed by atoms with Crippen LogP contribution in [-0.2, 0) is 17.7 Å². The predicted molar refractivity (Wildman–Crippen MR) is 125 cm³/mol. The summed E-state index contributed by atoms with van der Waals surface area (Å²) in [5, 5.41) is 8.47. The van der Waals surface area contributed by atoms with Crippen molar-refractivity contribution in [2.24, 2.45) is 0 Å². The number of esters is 1. The van der Waals surface area contributed by atoms with Crippen molar-refractivity contribution in [3.05, 3.63) is 106 Å². The summed E-state index contributed by atoms with van der Waals surface area (Å²) in [6.07, 6.45) is 2.54. The molecule has 7 heteroatoms. The van der Waals surface area contributed by atoms with Crippen LogP contribution in [0.1, 0.15) is 28.5 Å². The van der Waals surface area contributed by atoms with Crippen LogP contribution in [0.4, 0.5) is 0 Å². The maximum absolute atomic E-state index is 12.2. The van der Waals surface area contributed by atoms with Crippen LogP contribution in [0, 0.1) is 0 Å². The molecule has 0 saturated carbocycles. The molecule has 2 aromatic carbocycles. The van der Waals surface area contributed by atoms with Crippen LogP contribution in [0.5, 0.6) is 11.5 Å². The first kappa shape index (κ1) is 22.0. The highest BCUT2D eigenvalue weighted by molar-refractivity contribution is 5.90. The monoisotopic (exact) mass is 441 g/mol. The van der Waals surface area contributed by atoms with Crippen LogP contribution < -0.4 is 10.3 Å². The first-order valence-electron chi connectivity index (χ1n) is 10.5. The molecule has 0 amide bonds. The van der Waals surface area contributed by atoms with Crippen molar-refractivity contribution in [3.63, 3.8) is 0 Å². The Balaban J connectivity index is 1.62. The van der Waals surface area contributed by atoms with E-state index in [0.29, 0.717) is 23.6 Å². The van der Waals surface area contributed by atoms with Crippen molar-refractivity contribution in [2.45, 2.75) is 19.9 Å². The number of carbonyl (C=O) groups excluding carboxylic acids is 1. The van der Waals surface area contributed by atoms with E-state index in [1.807, 2.05) is 43.3 Å². The summed E-state index contributed by atoms with van der Waals surface area (Å²) >= 11 is 0. The Hall–Kier alpha value is -4.26. The van der Waals surface area contributed by atoms with E-state index in [4.69, 9.17) is 9.47 Å². The van der Waals surface area contributed by atoms with Crippen LogP contribution in [-0.4, -0.2) is 27.8 Å². The van der Waals surface area contributed by atoms with Gasteiger partial charge in [-0.15, -0.1) is 0 Å². The van der Waals surface area contributed by atoms with Crippen LogP contribution in [0.25, 0.3) is 11.3 Å². The van der Waals surface area contributed by atoms with Gasteiger partial charge in [0.2, 0.25) is 0 Å². The third-order valence-electron chi connectivity index (χ3n) is 5.19. The Morgan fingerprint density at radius 1 is 0.970 bits per heavy atom. The molecule has 0 aliphatic carbocycles. The summed E-state index contributed by atoms with van der Waals surface area (Å²) in [6, 6.07) is 21.4. The maximum Gasteiger partial charge on any atom is 0.337 e. The number of carbonyl (C=O) groups is 1. The first-order chi connectivity index (χ1) is 16.1. The zero-order chi connectivity index (χ0) is 23.2. The second-order valence-electron chi connectivity index (χ2n) is 7.37. The minimum Gasteiger partial charge on any atom is -0.465 e. The fraction of sp³-hybridized carbons (Fsp3) is 0.154. The van der Waals surface area contributed by atoms with E-state index in [9.17, 15) is 9.59 Å². The van der Waals surface area contributed by atoms with Crippen molar-refractivity contribution < 1.29 is 14.3 Å². The maximum atomic E-state index is 12.2. The molecular formula is C26H23N3O4. The topological polar surface area (TPSA) is 83.3 Å². The molecule has 0 radical (unpaired) electrons. The lowest BCUT2D eigenvalue weighted by atomic mass is 10.1. The Morgan fingerprint density at radius 3 is 2.45 bits per heavy atom. The molecule has 0 N–H and O–H groups in total. The lowest BCUT2D eigenvalue weighted by Crippen LogP contribution is -2.18. The molecule has 33 heavy (non-hydrogen) atoms. The molecule has 0 fully saturated rings. The smallest absolute Gasteiger partial charge is 0.337 e. The molecule has 2 heterocycles. The molecule has 0 atom stereocenters. The fourth-order valence-corrected chi connectivity index (χ4v) is 3.32. The van der Waals surface area contributed by atoms with E-state index in [0.717, 1.165) is 28.9 Å². The first-order valence-corrected chi connectivity index (χ1v) is 10.5. The van der Waals surface area contributed by atoms with E-state index >= 15 is 0 Å². The number of methoxy groups -OCH3 is 1. The molecule has 0 aliphatic rings. The van der Waals surface area contributed by atoms with Crippen LogP contribution in [0.15, 0.2) is 83.8 Å². The highest BCUT2D eigenvalue weighted by Gasteiger charge is 2.13. The van der Waals surface area contributed by atoms with Gasteiger partial charge in [0.25, 0.3) is 5.56 Å². The standard InChI is InChI=1S/C26H23N3O4/c1-3-21-11-14-23(28-27-21)18-9-12-22(13-10-18)33-24-16-19(26(31)32-2)7-8-20(24)17-29-15-5-4-6-25(29)30/h4-16H,3,17H2,1-2H3. The molecule has 0 bridgehead atoms. The molecular weight excluding hydrogens is 418 g/mol. The molecule has 2 aromatic heterocycles. The average molecular weight is 441 g/mol. The minimum atomic E-state index is -0.465. The zero-order valence-corrected chi connectivity index (χ0v) is 18.4. The van der Waals surface area contributed by atoms with Crippen molar-refractivity contribution in [3.8, 4) is 22.8 Å². The van der Waals surface area contributed by atoms with Crippen LogP contribution >= 0.6 is 0 Å². The Bertz CT molecular complexity index is 1310. The number of aromatic nitrogens is 3. The van der Waals surface area contributed by atoms with E-state index in [1.165, 1.54) is 13.2 Å². The fourth-order valence-electron chi connectivity index (χ4n) is 3.32. The van der Waals surface area contributed by atoms with Gasteiger partial charge < -0.3 is 14.0 Å². The molecule has 4 rings (SSSR count). The van der Waals surface area contributed by atoms with Gasteiger partial charge in [-0.25, -0.2) is 4.79 Å². The zero-order valence-electron chi connectivity index (χ0n) is 18.4. The summed E-state index contributed by atoms with van der Waals surface area (Å²) in [4.78, 5) is 24.2. The van der Waals surface area contributed by atoms with Gasteiger partial charge >= 0.3 is 5.97 Å². The van der Waals surface area contributed by atoms with E-state index in [1.54, 1.807) is 41.1 Å². The highest BCUT2D eigenvalue weighted by Crippen LogP contribution is 2.29. The van der Waals surface area contributed by atoms with Crippen molar-refractivity contribution in [1.82, 2.24) is 14.8 Å². The molecule has 0 unspecified atom stereocenters. The van der Waals surface area contributed by atoms with E-state index in [-0.39, 0.29) is 5.56 Å². The summed E-state index contributed by atoms with van der Waals surface area (Å²) in [5.74, 6) is 0.585. The lowest BCUT2D eigenvalue weighted by Gasteiger charge is -2.14. The Morgan fingerprint density at radius 2 is 1.79 bits per heavy atom. The summed E-state index contributed by atoms with van der Waals surface area (Å²) in [7, 11) is 1.33. The predicted octanol–water partition coefficient (Wildman–Crippen LogP) is 4.49. The number of hydrogen-bond donors (Lipinski definition) is 0. The van der Waals surface area contributed by atoms with Crippen molar-refractivity contribution in [2.75, 3.05) is 7.11 Å². The Kier molecular flexibility index (Phi) is 6.59. The van der Waals surface area contributed by atoms with Gasteiger partial charge in [0.05, 0.1) is 30.6 Å². The van der Waals surface area contributed by atoms with Crippen molar-refractivity contribution in [1.29, 1.82) is 0 Å². The highest BCUT2D eigenvalue weighted by atomic mass is 16.5. The lowest BCUT2D eigenvalue weighted by molar-refractivity contribution is 0.0600. The second-order valence-corrected chi connectivity index (χ2v) is 7.37. The number of benzene rings is 2. The molecule has 0 spiro atoms. The van der Waals surface area contributed by atoms with Gasteiger partial charge in [0, 0.05) is 23.4 Å². The van der Waals surface area contributed by atoms with E-state index < -0.39 is 5.97 Å². The quantitative estimate of drug-likeness (QED) is 0.393. The third kappa shape index (κ3) is 5.15. The molecule has 4 aromatic rings. The van der Waals surface area contributed by atoms with Gasteiger partial charge in [-0.05, 0) is 61.0 Å². The van der Waals surface area contributed by atoms with Crippen LogP contribution in [0.2, 0.25) is 0 Å². The number of rotatable bonds is 7. The Labute approximate surface area is 191 Å². The average Bonchev–Trinajstić information content (AvgIpc) is 2.86. The van der Waals surface area contributed by atoms with E-state index in [2.05, 4.69) is 10.2 Å². The SMILES string of the molecule is CCc1ccc(-c2ccc(Oc3cc(C(=O)OC)ccc3Cn3ccccc3=O)cc2)nn1. The van der Waals surface area contributed by atoms with Gasteiger partial charge in [-0.3, -0.25) is 4.79 Å². The van der Waals surface area contributed by atoms with Gasteiger partial charge in [0.15, 0.2) is 0 Å². The molecule has 7 nitrogen and oxygen atoms in total. The largest absolute Gasteiger partial charge is 0.465 e. The third-order valence-corrected chi connectivity index (χ3v) is 5.19. The van der Waals surface area contributed by atoms with Crippen LogP contribution in [0.3, 0.4) is 0 Å². The van der Waals surface area contributed by atoms with Crippen molar-refractivity contribution >= 4 is 5.97 Å². The minimum absolute atomic E-state index is 0.125. The number of aryl methyl sites for hydroxylation is 1. The summed E-state index contributed by atoms with van der Waals surface area (Å²) in [6.45, 7) is 2.33. The number of ether oxygens (including phenoxy) is 2. The summed E-state index contributed by atoms with van der Waals surface area (Å²) in [5.41, 5.74) is 3.61. The molecule has 166 valence electrons. The van der Waals surface area contributed by atoms with Gasteiger partial charge in [-0.2, -0.15) is 10.2 Å². The summed E-state index contributed by atoms with van der Waals surface area (Å²) < 4.78 is 12.5. The number of nitrogens with zero attached hydrogens (tertiary/aromatic N) is 3. The number of pyridine rings is 1. The van der Waals surface area contributed by atoms with Gasteiger partial charge in [-0.1, -0.05) is 19.1 Å². The van der Waals surface area contributed by atoms with Gasteiger partial charge in [0.1, 0.15) is 11.5 Å².